The number of benzene rings is 3. The molecule has 8 heteroatoms. The smallest absolute Gasteiger partial charge is 0.262 e. The van der Waals surface area contributed by atoms with Crippen molar-refractivity contribution < 1.29 is 24.2 Å². The van der Waals surface area contributed by atoms with E-state index in [0.717, 1.165) is 16.9 Å². The zero-order valence-electron chi connectivity index (χ0n) is 17.2. The van der Waals surface area contributed by atoms with Crippen molar-refractivity contribution in [2.75, 3.05) is 23.4 Å². The Hall–Kier alpha value is -3.52. The van der Waals surface area contributed by atoms with Gasteiger partial charge in [0.1, 0.15) is 12.8 Å². The van der Waals surface area contributed by atoms with Crippen LogP contribution in [0.3, 0.4) is 0 Å². The number of carboxylic acids is 1. The van der Waals surface area contributed by atoms with Crippen LogP contribution in [0, 0.1) is 0 Å². The third-order valence-corrected chi connectivity index (χ3v) is 5.65. The molecule has 3 aromatic rings. The molecule has 0 spiro atoms. The van der Waals surface area contributed by atoms with Gasteiger partial charge >= 0.3 is 0 Å². The summed E-state index contributed by atoms with van der Waals surface area (Å²) in [5.74, 6) is -0.842. The van der Waals surface area contributed by atoms with Crippen molar-refractivity contribution in [3.63, 3.8) is 0 Å². The van der Waals surface area contributed by atoms with Crippen LogP contribution in [-0.2, 0) is 4.79 Å². The summed E-state index contributed by atoms with van der Waals surface area (Å²) in [6.45, 7) is 1.57. The second-order valence-corrected chi connectivity index (χ2v) is 7.87. The van der Waals surface area contributed by atoms with Crippen LogP contribution in [0.5, 0.6) is 11.5 Å². The maximum absolute atomic E-state index is 13.5. The number of carboxylic acid groups (broad SMARTS) is 1. The van der Waals surface area contributed by atoms with Crippen LogP contribution in [0.1, 0.15) is 29.0 Å². The van der Waals surface area contributed by atoms with E-state index >= 15 is 0 Å². The number of rotatable bonds is 7. The summed E-state index contributed by atoms with van der Waals surface area (Å²) in [6.07, 6.45) is -0.552. The highest BCUT2D eigenvalue weighted by atomic mass is 79.9. The van der Waals surface area contributed by atoms with Crippen LogP contribution in [-0.4, -0.2) is 25.1 Å². The number of nitrogens with zero attached hydrogens (tertiary/aromatic N) is 1. The van der Waals surface area contributed by atoms with Crippen LogP contribution >= 0.6 is 15.9 Å². The van der Waals surface area contributed by atoms with Crippen LogP contribution in [0.15, 0.2) is 71.2 Å². The first-order chi connectivity index (χ1) is 15.5. The molecule has 4 rings (SSSR count). The average molecular weight is 496 g/mol. The van der Waals surface area contributed by atoms with Gasteiger partial charge in [0.15, 0.2) is 11.5 Å². The lowest BCUT2D eigenvalue weighted by molar-refractivity contribution is -0.307. The molecule has 7 nitrogen and oxygen atoms in total. The Morgan fingerprint density at radius 2 is 1.75 bits per heavy atom. The summed E-state index contributed by atoms with van der Waals surface area (Å²) in [7, 11) is 0. The highest BCUT2D eigenvalue weighted by Gasteiger charge is 2.35. The van der Waals surface area contributed by atoms with Gasteiger partial charge in [0.25, 0.3) is 5.91 Å². The van der Waals surface area contributed by atoms with Crippen LogP contribution in [0.2, 0.25) is 0 Å². The molecule has 164 valence electrons. The standard InChI is InChI=1S/C24H21BrN2O5/c1-2-31-20-12-17(18(25)13-21(20)32-14-22(28)29)23-26-19-11-7-6-10-16(19)24(30)27(23)15-8-4-3-5-9-15/h3-13,23,26H,2,14H2,1H3,(H,28,29)/p-1. The molecule has 0 aromatic heterocycles. The number of carbonyl (C=O) groups is 2. The lowest BCUT2D eigenvalue weighted by atomic mass is 10.0. The number of carbonyl (C=O) groups excluding carboxylic acids is 2. The van der Waals surface area contributed by atoms with Crippen molar-refractivity contribution in [1.82, 2.24) is 0 Å². The molecule has 1 unspecified atom stereocenters. The third-order valence-electron chi connectivity index (χ3n) is 4.96. The minimum Gasteiger partial charge on any atom is -0.546 e. The quantitative estimate of drug-likeness (QED) is 0.536. The normalized spacial score (nSPS) is 15.0. The number of amides is 1. The molecule has 0 saturated carbocycles. The van der Waals surface area contributed by atoms with Crippen molar-refractivity contribution in [2.24, 2.45) is 0 Å². The first-order valence-electron chi connectivity index (χ1n) is 10.0. The van der Waals surface area contributed by atoms with Gasteiger partial charge in [-0.15, -0.1) is 0 Å². The molecule has 1 atom stereocenters. The van der Waals surface area contributed by atoms with E-state index in [1.54, 1.807) is 23.1 Å². The molecule has 1 aliphatic heterocycles. The maximum Gasteiger partial charge on any atom is 0.262 e. The van der Waals surface area contributed by atoms with E-state index < -0.39 is 18.7 Å². The lowest BCUT2D eigenvalue weighted by Crippen LogP contribution is -2.43. The number of halogens is 1. The van der Waals surface area contributed by atoms with E-state index in [9.17, 15) is 14.7 Å². The highest BCUT2D eigenvalue weighted by molar-refractivity contribution is 9.10. The highest BCUT2D eigenvalue weighted by Crippen LogP contribution is 2.42. The summed E-state index contributed by atoms with van der Waals surface area (Å²) in [4.78, 5) is 26.0. The van der Waals surface area contributed by atoms with Crippen molar-refractivity contribution in [3.05, 3.63) is 82.3 Å². The van der Waals surface area contributed by atoms with Gasteiger partial charge in [0.05, 0.1) is 18.1 Å². The number of aliphatic carboxylic acids is 1. The van der Waals surface area contributed by atoms with Gasteiger partial charge in [-0.1, -0.05) is 46.3 Å². The van der Waals surface area contributed by atoms with Gasteiger partial charge in [-0.3, -0.25) is 9.69 Å². The molecule has 1 heterocycles. The topological polar surface area (TPSA) is 90.9 Å². The molecule has 1 N–H and O–H groups in total. The van der Waals surface area contributed by atoms with E-state index in [4.69, 9.17) is 9.47 Å². The molecule has 3 aromatic carbocycles. The predicted octanol–water partition coefficient (Wildman–Crippen LogP) is 3.75. The number of nitrogens with one attached hydrogen (secondary N) is 1. The Labute approximate surface area is 193 Å². The molecule has 0 radical (unpaired) electrons. The Kier molecular flexibility index (Phi) is 6.32. The Morgan fingerprint density at radius 3 is 2.47 bits per heavy atom. The number of anilines is 2. The molecule has 0 aliphatic carbocycles. The van der Waals surface area contributed by atoms with Gasteiger partial charge in [0.2, 0.25) is 0 Å². The molecular weight excluding hydrogens is 476 g/mol. The summed E-state index contributed by atoms with van der Waals surface area (Å²) in [6, 6.07) is 20.1. The SMILES string of the molecule is CCOc1cc(C2Nc3ccccc3C(=O)N2c2ccccc2)c(Br)cc1OCC(=O)[O-]. The van der Waals surface area contributed by atoms with Crippen molar-refractivity contribution in [1.29, 1.82) is 0 Å². The first kappa shape index (κ1) is 21.7. The Bertz CT molecular complexity index is 1150. The predicted molar refractivity (Wildman–Crippen MR) is 122 cm³/mol. The molecule has 0 bridgehead atoms. The van der Waals surface area contributed by atoms with Crippen molar-refractivity contribution >= 4 is 39.2 Å². The summed E-state index contributed by atoms with van der Waals surface area (Å²) >= 11 is 3.56. The van der Waals surface area contributed by atoms with Crippen LogP contribution in [0.25, 0.3) is 0 Å². The van der Waals surface area contributed by atoms with E-state index in [2.05, 4.69) is 21.2 Å². The van der Waals surface area contributed by atoms with Gasteiger partial charge in [0, 0.05) is 21.4 Å². The second kappa shape index (κ2) is 9.32. The minimum atomic E-state index is -1.33. The largest absolute Gasteiger partial charge is 0.546 e. The van der Waals surface area contributed by atoms with E-state index in [0.29, 0.717) is 22.4 Å². The number of fused-ring (bicyclic) bond motifs is 1. The zero-order valence-corrected chi connectivity index (χ0v) is 18.8. The van der Waals surface area contributed by atoms with Gasteiger partial charge in [-0.2, -0.15) is 0 Å². The first-order valence-corrected chi connectivity index (χ1v) is 10.8. The average Bonchev–Trinajstić information content (AvgIpc) is 2.79. The molecule has 0 fully saturated rings. The molecule has 1 aliphatic rings. The van der Waals surface area contributed by atoms with Crippen LogP contribution in [0.4, 0.5) is 11.4 Å². The number of hydrogen-bond acceptors (Lipinski definition) is 6. The van der Waals surface area contributed by atoms with Gasteiger partial charge < -0.3 is 24.7 Å². The number of para-hydroxylation sites is 2. The lowest BCUT2D eigenvalue weighted by Gasteiger charge is -2.38. The monoisotopic (exact) mass is 495 g/mol. The third kappa shape index (κ3) is 4.27. The van der Waals surface area contributed by atoms with E-state index in [1.165, 1.54) is 0 Å². The number of hydrogen-bond donors (Lipinski definition) is 1. The summed E-state index contributed by atoms with van der Waals surface area (Å²) < 4.78 is 11.7. The van der Waals surface area contributed by atoms with Gasteiger partial charge in [-0.05, 0) is 43.3 Å². The number of ether oxygens (including phenoxy) is 2. The maximum atomic E-state index is 13.5. The minimum absolute atomic E-state index is 0.141. The molecule has 32 heavy (non-hydrogen) atoms. The van der Waals surface area contributed by atoms with Crippen molar-refractivity contribution in [3.8, 4) is 11.5 Å². The zero-order chi connectivity index (χ0) is 22.7. The molecule has 0 saturated heterocycles. The van der Waals surface area contributed by atoms with Crippen LogP contribution < -0.4 is 24.8 Å². The van der Waals surface area contributed by atoms with Gasteiger partial charge in [-0.25, -0.2) is 0 Å². The second-order valence-electron chi connectivity index (χ2n) is 7.02. The van der Waals surface area contributed by atoms with E-state index in [-0.39, 0.29) is 11.7 Å². The molecule has 1 amide bonds. The fourth-order valence-electron chi connectivity index (χ4n) is 3.60. The molecular formula is C24H20BrN2O5-. The fourth-order valence-corrected chi connectivity index (χ4v) is 4.14. The van der Waals surface area contributed by atoms with Crippen molar-refractivity contribution in [2.45, 2.75) is 13.1 Å². The summed E-state index contributed by atoms with van der Waals surface area (Å²) in [5.41, 5.74) is 2.74. The Balaban J connectivity index is 1.83. The Morgan fingerprint density at radius 1 is 1.06 bits per heavy atom. The van der Waals surface area contributed by atoms with E-state index in [1.807, 2.05) is 55.5 Å². The summed E-state index contributed by atoms with van der Waals surface area (Å²) in [5, 5.41) is 14.3. The fraction of sp³-hybridized carbons (Fsp3) is 0.167.